The van der Waals surface area contributed by atoms with Gasteiger partial charge in [0.25, 0.3) is 5.91 Å². The molecule has 0 aromatic heterocycles. The van der Waals surface area contributed by atoms with E-state index in [1.807, 2.05) is 12.1 Å². The van der Waals surface area contributed by atoms with Crippen molar-refractivity contribution in [2.75, 3.05) is 33.3 Å². The van der Waals surface area contributed by atoms with Gasteiger partial charge in [0, 0.05) is 11.6 Å². The van der Waals surface area contributed by atoms with Gasteiger partial charge in [-0.05, 0) is 24.3 Å². The molecule has 0 spiro atoms. The number of carbonyl (C=O) groups is 1. The van der Waals surface area contributed by atoms with Gasteiger partial charge in [-0.2, -0.15) is 0 Å². The quantitative estimate of drug-likeness (QED) is 0.517. The molecule has 28 heavy (non-hydrogen) atoms. The lowest BCUT2D eigenvalue weighted by Gasteiger charge is -2.18. The summed E-state index contributed by atoms with van der Waals surface area (Å²) in [4.78, 5) is 15.0. The van der Waals surface area contributed by atoms with Gasteiger partial charge in [-0.1, -0.05) is 36.1 Å². The van der Waals surface area contributed by atoms with Crippen molar-refractivity contribution in [3.8, 4) is 23.0 Å². The van der Waals surface area contributed by atoms with Crippen LogP contribution in [-0.2, 0) is 4.79 Å². The Morgan fingerprint density at radius 3 is 2.36 bits per heavy atom. The number of amides is 1. The maximum Gasteiger partial charge on any atom is 0.270 e. The number of rotatable bonds is 6. The van der Waals surface area contributed by atoms with E-state index in [2.05, 4.69) is 0 Å². The molecule has 1 aliphatic rings. The fourth-order valence-corrected chi connectivity index (χ4v) is 4.09. The normalized spacial score (nSPS) is 15.1. The molecule has 6 nitrogen and oxygen atoms in total. The highest BCUT2D eigenvalue weighted by molar-refractivity contribution is 8.27. The summed E-state index contributed by atoms with van der Waals surface area (Å²) in [6.07, 6.45) is 1.75. The Hall–Kier alpha value is -2.71. The summed E-state index contributed by atoms with van der Waals surface area (Å²) in [6.45, 7) is 0. The van der Waals surface area contributed by atoms with Gasteiger partial charge in [0.05, 0.1) is 39.0 Å². The standard InChI is InChI=1S/C20H19NO5S2/c1-23-13-8-9-14(16(11-13)25-3)21-19(22)17(28-20(21)27)10-12-6-5-7-15(24-2)18(12)26-4/h5-11H,1-4H3/b17-10-. The summed E-state index contributed by atoms with van der Waals surface area (Å²) >= 11 is 6.67. The summed E-state index contributed by atoms with van der Waals surface area (Å²) in [6, 6.07) is 10.7. The van der Waals surface area contributed by atoms with Gasteiger partial charge in [-0.3, -0.25) is 9.69 Å². The Kier molecular flexibility index (Phi) is 6.11. The molecule has 1 saturated heterocycles. The van der Waals surface area contributed by atoms with E-state index >= 15 is 0 Å². The molecule has 1 fully saturated rings. The van der Waals surface area contributed by atoms with Gasteiger partial charge in [0.2, 0.25) is 0 Å². The molecule has 0 bridgehead atoms. The minimum Gasteiger partial charge on any atom is -0.497 e. The van der Waals surface area contributed by atoms with Crippen LogP contribution in [0.25, 0.3) is 6.08 Å². The van der Waals surface area contributed by atoms with Crippen LogP contribution in [0.5, 0.6) is 23.0 Å². The molecule has 2 aromatic carbocycles. The van der Waals surface area contributed by atoms with E-state index in [4.69, 9.17) is 31.2 Å². The van der Waals surface area contributed by atoms with Crippen LogP contribution in [0.1, 0.15) is 5.56 Å². The van der Waals surface area contributed by atoms with Crippen molar-refractivity contribution in [2.45, 2.75) is 0 Å². The van der Waals surface area contributed by atoms with Crippen molar-refractivity contribution >= 4 is 46.0 Å². The van der Waals surface area contributed by atoms with Gasteiger partial charge in [0.15, 0.2) is 15.8 Å². The SMILES string of the molecule is COc1ccc(N2C(=O)/C(=C/c3cccc(OC)c3OC)SC2=S)c(OC)c1. The molecule has 0 N–H and O–H groups in total. The third-order valence-corrected chi connectivity index (χ3v) is 5.44. The Labute approximate surface area is 173 Å². The number of hydrogen-bond donors (Lipinski definition) is 0. The van der Waals surface area contributed by atoms with E-state index in [0.29, 0.717) is 37.9 Å². The van der Waals surface area contributed by atoms with E-state index in [0.717, 1.165) is 5.56 Å². The number of thioether (sulfide) groups is 1. The fourth-order valence-electron chi connectivity index (χ4n) is 2.81. The molecule has 0 unspecified atom stereocenters. The maximum atomic E-state index is 13.1. The van der Waals surface area contributed by atoms with Crippen molar-refractivity contribution in [1.82, 2.24) is 0 Å². The minimum absolute atomic E-state index is 0.233. The Morgan fingerprint density at radius 1 is 0.964 bits per heavy atom. The molecule has 0 saturated carbocycles. The average molecular weight is 418 g/mol. The number of methoxy groups -OCH3 is 4. The van der Waals surface area contributed by atoms with Gasteiger partial charge >= 0.3 is 0 Å². The van der Waals surface area contributed by atoms with Crippen LogP contribution in [0, 0.1) is 0 Å². The number of carbonyl (C=O) groups excluding carboxylic acids is 1. The molecular formula is C20H19NO5S2. The first-order valence-corrected chi connectivity index (χ1v) is 9.47. The molecule has 1 amide bonds. The van der Waals surface area contributed by atoms with Gasteiger partial charge in [-0.15, -0.1) is 0 Å². The number of ether oxygens (including phenoxy) is 4. The predicted octanol–water partition coefficient (Wildman–Crippen LogP) is 4.13. The zero-order valence-electron chi connectivity index (χ0n) is 15.8. The molecule has 0 atom stereocenters. The molecule has 1 aliphatic heterocycles. The molecule has 0 aliphatic carbocycles. The lowest BCUT2D eigenvalue weighted by Crippen LogP contribution is -2.27. The minimum atomic E-state index is -0.233. The number of nitrogens with zero attached hydrogens (tertiary/aromatic N) is 1. The van der Waals surface area contributed by atoms with Gasteiger partial charge in [-0.25, -0.2) is 0 Å². The molecule has 0 radical (unpaired) electrons. The molecule has 1 heterocycles. The average Bonchev–Trinajstić information content (AvgIpc) is 3.00. The van der Waals surface area contributed by atoms with Crippen LogP contribution in [0.3, 0.4) is 0 Å². The van der Waals surface area contributed by atoms with Crippen molar-refractivity contribution in [1.29, 1.82) is 0 Å². The first kappa shape index (κ1) is 20.0. The molecule has 3 rings (SSSR count). The smallest absolute Gasteiger partial charge is 0.270 e. The maximum absolute atomic E-state index is 13.1. The van der Waals surface area contributed by atoms with Crippen LogP contribution in [0.15, 0.2) is 41.3 Å². The van der Waals surface area contributed by atoms with Crippen LogP contribution in [0.4, 0.5) is 5.69 Å². The summed E-state index contributed by atoms with van der Waals surface area (Å²) < 4.78 is 21.8. The summed E-state index contributed by atoms with van der Waals surface area (Å²) in [5, 5.41) is 0. The number of hydrogen-bond acceptors (Lipinski definition) is 7. The van der Waals surface area contributed by atoms with E-state index in [1.54, 1.807) is 51.7 Å². The van der Waals surface area contributed by atoms with E-state index < -0.39 is 0 Å². The zero-order chi connectivity index (χ0) is 20.3. The van der Waals surface area contributed by atoms with Crippen LogP contribution in [-0.4, -0.2) is 38.7 Å². The highest BCUT2D eigenvalue weighted by Crippen LogP contribution is 2.42. The number of thiocarbonyl (C=S) groups is 1. The van der Waals surface area contributed by atoms with E-state index in [-0.39, 0.29) is 5.91 Å². The second-order valence-corrected chi connectivity index (χ2v) is 7.31. The third-order valence-electron chi connectivity index (χ3n) is 4.14. The summed E-state index contributed by atoms with van der Waals surface area (Å²) in [5.74, 6) is 2.03. The topological polar surface area (TPSA) is 57.2 Å². The van der Waals surface area contributed by atoms with Gasteiger partial charge in [0.1, 0.15) is 11.5 Å². The van der Waals surface area contributed by atoms with E-state index in [1.165, 1.54) is 23.8 Å². The zero-order valence-corrected chi connectivity index (χ0v) is 17.5. The monoisotopic (exact) mass is 417 g/mol. The van der Waals surface area contributed by atoms with E-state index in [9.17, 15) is 4.79 Å². The van der Waals surface area contributed by atoms with Crippen molar-refractivity contribution in [3.63, 3.8) is 0 Å². The Morgan fingerprint density at radius 2 is 1.71 bits per heavy atom. The van der Waals surface area contributed by atoms with Crippen LogP contribution >= 0.6 is 24.0 Å². The van der Waals surface area contributed by atoms with Crippen LogP contribution < -0.4 is 23.8 Å². The lowest BCUT2D eigenvalue weighted by atomic mass is 10.1. The van der Waals surface area contributed by atoms with Gasteiger partial charge < -0.3 is 18.9 Å². The first-order valence-electron chi connectivity index (χ1n) is 8.25. The molecule has 146 valence electrons. The summed E-state index contributed by atoms with van der Waals surface area (Å²) in [7, 11) is 6.23. The largest absolute Gasteiger partial charge is 0.497 e. The van der Waals surface area contributed by atoms with Crippen molar-refractivity contribution < 1.29 is 23.7 Å². The second kappa shape index (κ2) is 8.53. The molecule has 8 heteroatoms. The Balaban J connectivity index is 2.01. The molecular weight excluding hydrogens is 398 g/mol. The lowest BCUT2D eigenvalue weighted by molar-refractivity contribution is -0.113. The second-order valence-electron chi connectivity index (χ2n) is 5.64. The summed E-state index contributed by atoms with van der Waals surface area (Å²) in [5.41, 5.74) is 1.29. The Bertz CT molecular complexity index is 958. The molecule has 2 aromatic rings. The number of anilines is 1. The number of benzene rings is 2. The highest BCUT2D eigenvalue weighted by Gasteiger charge is 2.35. The van der Waals surface area contributed by atoms with Crippen molar-refractivity contribution in [3.05, 3.63) is 46.9 Å². The third kappa shape index (κ3) is 3.65. The predicted molar refractivity (Wildman–Crippen MR) is 115 cm³/mol. The highest BCUT2D eigenvalue weighted by atomic mass is 32.2. The number of para-hydroxylation sites is 1. The fraction of sp³-hybridized carbons (Fsp3) is 0.200. The first-order chi connectivity index (χ1) is 13.5. The van der Waals surface area contributed by atoms with Crippen molar-refractivity contribution in [2.24, 2.45) is 0 Å². The van der Waals surface area contributed by atoms with Crippen LogP contribution in [0.2, 0.25) is 0 Å².